The largest absolute Gasteiger partial charge is 0.327 e. The first-order chi connectivity index (χ1) is 18.2. The molecule has 7 rings (SSSR count). The third-order valence-corrected chi connectivity index (χ3v) is 11.4. The van der Waals surface area contributed by atoms with Crippen molar-refractivity contribution < 1.29 is 8.42 Å². The van der Waals surface area contributed by atoms with Crippen molar-refractivity contribution in [3.63, 3.8) is 0 Å². The van der Waals surface area contributed by atoms with Gasteiger partial charge in [0.2, 0.25) is 0 Å². The molecule has 0 radical (unpaired) electrons. The van der Waals surface area contributed by atoms with E-state index < -0.39 is 9.84 Å². The Labute approximate surface area is 226 Å². The lowest BCUT2D eigenvalue weighted by Gasteiger charge is -2.64. The number of hydrogen-bond donors (Lipinski definition) is 0. The number of likely N-dealkylation sites (tertiary alicyclic amines) is 2. The van der Waals surface area contributed by atoms with Gasteiger partial charge in [0.15, 0.2) is 9.84 Å². The zero-order valence-electron chi connectivity index (χ0n) is 23.0. The fourth-order valence-corrected chi connectivity index (χ4v) is 8.34. The third-order valence-electron chi connectivity index (χ3n) is 10.3. The van der Waals surface area contributed by atoms with Gasteiger partial charge in [-0.25, -0.2) is 13.4 Å². The first-order valence-corrected chi connectivity index (χ1v) is 16.3. The van der Waals surface area contributed by atoms with Crippen molar-refractivity contribution in [1.29, 1.82) is 0 Å². The average Bonchev–Trinajstić information content (AvgIpc) is 3.15. The van der Waals surface area contributed by atoms with Gasteiger partial charge < -0.3 is 9.47 Å². The van der Waals surface area contributed by atoms with Crippen LogP contribution in [0, 0.1) is 12.3 Å². The van der Waals surface area contributed by atoms with Gasteiger partial charge in [-0.1, -0.05) is 12.5 Å². The molecule has 2 saturated heterocycles. The van der Waals surface area contributed by atoms with Crippen LogP contribution in [0.2, 0.25) is 0 Å². The molecule has 2 aliphatic carbocycles. The molecule has 1 aromatic heterocycles. The first-order valence-electron chi connectivity index (χ1n) is 14.4. The Morgan fingerprint density at radius 3 is 2.21 bits per heavy atom. The van der Waals surface area contributed by atoms with Crippen molar-refractivity contribution in [3.05, 3.63) is 47.5 Å². The van der Waals surface area contributed by atoms with Crippen molar-refractivity contribution in [2.75, 3.05) is 32.4 Å². The number of rotatable bonds is 5. The molecule has 3 aromatic rings. The van der Waals surface area contributed by atoms with Crippen molar-refractivity contribution in [2.45, 2.75) is 74.8 Å². The van der Waals surface area contributed by atoms with Gasteiger partial charge in [0.25, 0.3) is 0 Å². The summed E-state index contributed by atoms with van der Waals surface area (Å²) in [7, 11) is -1.14. The minimum atomic E-state index is -3.21. The van der Waals surface area contributed by atoms with E-state index >= 15 is 0 Å². The molecule has 2 saturated carbocycles. The van der Waals surface area contributed by atoms with Crippen LogP contribution < -0.4 is 0 Å². The van der Waals surface area contributed by atoms with Gasteiger partial charge in [0.1, 0.15) is 5.82 Å². The molecule has 7 heteroatoms. The smallest absolute Gasteiger partial charge is 0.175 e. The van der Waals surface area contributed by atoms with E-state index in [4.69, 9.17) is 4.98 Å². The molecule has 0 amide bonds. The summed E-state index contributed by atoms with van der Waals surface area (Å²) < 4.78 is 25.9. The maximum atomic E-state index is 11.9. The molecule has 0 unspecified atom stereocenters. The normalized spacial score (nSPS) is 23.4. The van der Waals surface area contributed by atoms with Crippen LogP contribution in [-0.2, 0) is 16.9 Å². The highest BCUT2D eigenvalue weighted by atomic mass is 32.2. The lowest BCUT2D eigenvalue weighted by molar-refractivity contribution is -0.137. The Kier molecular flexibility index (Phi) is 5.81. The zero-order valence-corrected chi connectivity index (χ0v) is 23.8. The predicted molar refractivity (Wildman–Crippen MR) is 152 cm³/mol. The molecule has 4 aliphatic rings. The van der Waals surface area contributed by atoms with Crippen LogP contribution in [0.1, 0.15) is 62.0 Å². The van der Waals surface area contributed by atoms with Gasteiger partial charge in [-0.2, -0.15) is 0 Å². The van der Waals surface area contributed by atoms with E-state index in [1.165, 1.54) is 88.5 Å². The van der Waals surface area contributed by atoms with Gasteiger partial charge in [-0.15, -0.1) is 0 Å². The fraction of sp³-hybridized carbons (Fsp3) is 0.581. The molecule has 3 heterocycles. The Morgan fingerprint density at radius 1 is 0.921 bits per heavy atom. The predicted octanol–water partition coefficient (Wildman–Crippen LogP) is 5.15. The highest BCUT2D eigenvalue weighted by molar-refractivity contribution is 7.90. The number of aromatic nitrogens is 2. The first kappa shape index (κ1) is 24.8. The van der Waals surface area contributed by atoms with Crippen LogP contribution in [0.25, 0.3) is 22.4 Å². The molecule has 2 aromatic carbocycles. The molecule has 0 bridgehead atoms. The van der Waals surface area contributed by atoms with Crippen molar-refractivity contribution in [1.82, 2.24) is 19.4 Å². The van der Waals surface area contributed by atoms with Crippen molar-refractivity contribution in [3.8, 4) is 11.4 Å². The van der Waals surface area contributed by atoms with Gasteiger partial charge in [0, 0.05) is 44.0 Å². The highest BCUT2D eigenvalue weighted by Crippen LogP contribution is 2.52. The topological polar surface area (TPSA) is 58.4 Å². The average molecular weight is 533 g/mol. The summed E-state index contributed by atoms with van der Waals surface area (Å²) in [5.41, 5.74) is 6.46. The maximum Gasteiger partial charge on any atom is 0.175 e. The van der Waals surface area contributed by atoms with Crippen LogP contribution in [0.4, 0.5) is 0 Å². The quantitative estimate of drug-likeness (QED) is 0.455. The molecular formula is C31H40N4O2S. The number of aryl methyl sites for hydroxylation is 2. The minimum absolute atomic E-state index is 0.338. The zero-order chi connectivity index (χ0) is 26.2. The fourth-order valence-electron chi connectivity index (χ4n) is 7.71. The van der Waals surface area contributed by atoms with Crippen LogP contribution >= 0.6 is 0 Å². The number of nitrogens with zero attached hydrogens (tertiary/aromatic N) is 4. The number of hydrogen-bond acceptors (Lipinski definition) is 5. The summed E-state index contributed by atoms with van der Waals surface area (Å²) in [6.45, 7) is 7.36. The van der Waals surface area contributed by atoms with Gasteiger partial charge in [-0.05, 0) is 111 Å². The van der Waals surface area contributed by atoms with E-state index in [0.717, 1.165) is 34.5 Å². The van der Waals surface area contributed by atoms with Crippen LogP contribution in [-0.4, -0.2) is 72.3 Å². The lowest BCUT2D eigenvalue weighted by atomic mass is 9.59. The molecule has 0 N–H and O–H groups in total. The summed E-state index contributed by atoms with van der Waals surface area (Å²) in [5, 5.41) is 0. The van der Waals surface area contributed by atoms with Gasteiger partial charge in [0.05, 0.1) is 15.9 Å². The second kappa shape index (κ2) is 8.90. The summed E-state index contributed by atoms with van der Waals surface area (Å²) in [6, 6.07) is 13.5. The van der Waals surface area contributed by atoms with Crippen molar-refractivity contribution in [2.24, 2.45) is 12.5 Å². The summed E-state index contributed by atoms with van der Waals surface area (Å²) >= 11 is 0. The van der Waals surface area contributed by atoms with E-state index in [9.17, 15) is 8.42 Å². The Bertz CT molecular complexity index is 1470. The van der Waals surface area contributed by atoms with Crippen LogP contribution in [0.5, 0.6) is 0 Å². The Hall–Kier alpha value is -2.22. The molecule has 38 heavy (non-hydrogen) atoms. The molecule has 1 spiro atoms. The van der Waals surface area contributed by atoms with E-state index in [1.54, 1.807) is 12.1 Å². The minimum Gasteiger partial charge on any atom is -0.327 e. The second-order valence-corrected chi connectivity index (χ2v) is 14.9. The number of imidazole rings is 1. The second-order valence-electron chi connectivity index (χ2n) is 12.9. The van der Waals surface area contributed by atoms with Crippen LogP contribution in [0.3, 0.4) is 0 Å². The number of fused-ring (bicyclic) bond motifs is 1. The summed E-state index contributed by atoms with van der Waals surface area (Å²) in [6.07, 6.45) is 10.9. The van der Waals surface area contributed by atoms with Crippen molar-refractivity contribution >= 4 is 20.9 Å². The highest BCUT2D eigenvalue weighted by Gasteiger charge is 2.55. The lowest BCUT2D eigenvalue weighted by Crippen LogP contribution is -2.69. The van der Waals surface area contributed by atoms with E-state index in [-0.39, 0.29) is 0 Å². The molecule has 4 fully saturated rings. The maximum absolute atomic E-state index is 11.9. The molecule has 0 atom stereocenters. The SMILES string of the molecule is Cc1cc(C2CCN(C3CC4(C3)CN(C3CCC3)C4)CC2)cc2c1nc(-c1ccc(S(C)(=O)=O)cc1)n2C. The molecule has 2 aliphatic heterocycles. The van der Waals surface area contributed by atoms with E-state index in [0.29, 0.717) is 16.2 Å². The van der Waals surface area contributed by atoms with Gasteiger partial charge >= 0.3 is 0 Å². The third kappa shape index (κ3) is 4.13. The number of benzene rings is 2. The monoisotopic (exact) mass is 532 g/mol. The Balaban J connectivity index is 1.02. The number of piperidine rings is 1. The Morgan fingerprint density at radius 2 is 1.61 bits per heavy atom. The molecule has 202 valence electrons. The number of sulfone groups is 1. The van der Waals surface area contributed by atoms with E-state index in [1.807, 2.05) is 12.1 Å². The summed E-state index contributed by atoms with van der Waals surface area (Å²) in [5.74, 6) is 1.48. The standard InChI is InChI=1S/C31H40N4O2S/c1-21-15-24(16-28-29(21)32-30(33(28)2)23-7-9-27(10-8-23)38(3,36)37)22-11-13-34(14-12-22)26-17-31(18-26)19-35(20-31)25-5-4-6-25/h7-10,15-16,22,25-26H,4-6,11-14,17-20H2,1-3H3. The molecule has 6 nitrogen and oxygen atoms in total. The van der Waals surface area contributed by atoms with E-state index in [2.05, 4.69) is 40.5 Å². The summed E-state index contributed by atoms with van der Waals surface area (Å²) in [4.78, 5) is 10.9. The van der Waals surface area contributed by atoms with Crippen LogP contribution in [0.15, 0.2) is 41.3 Å². The molecular weight excluding hydrogens is 492 g/mol. The van der Waals surface area contributed by atoms with Gasteiger partial charge in [-0.3, -0.25) is 4.90 Å².